The average Bonchev–Trinajstić information content (AvgIpc) is 2.94. The van der Waals surface area contributed by atoms with Crippen LogP contribution in [0.15, 0.2) is 48.8 Å². The van der Waals surface area contributed by atoms with Gasteiger partial charge in [-0.25, -0.2) is 0 Å². The molecule has 0 spiro atoms. The van der Waals surface area contributed by atoms with Gasteiger partial charge < -0.3 is 19.5 Å². The zero-order chi connectivity index (χ0) is 28.2. The first-order chi connectivity index (χ1) is 18.7. The molecular formula is C28H34N4O7. The lowest BCUT2D eigenvalue weighted by Gasteiger charge is -2.61. The fourth-order valence-corrected chi connectivity index (χ4v) is 6.41. The van der Waals surface area contributed by atoms with Crippen LogP contribution >= 0.6 is 0 Å². The maximum atomic E-state index is 14.8. The van der Waals surface area contributed by atoms with E-state index in [1.165, 1.54) is 14.2 Å². The highest BCUT2D eigenvalue weighted by Gasteiger charge is 2.75. The van der Waals surface area contributed by atoms with Crippen LogP contribution in [0.2, 0.25) is 0 Å². The Morgan fingerprint density at radius 2 is 1.41 bits per heavy atom. The lowest BCUT2D eigenvalue weighted by molar-refractivity contribution is -0.205. The number of nitrogens with zero attached hydrogens (tertiary/aromatic N) is 4. The Labute approximate surface area is 227 Å². The molecule has 2 aromatic heterocycles. The second-order valence-corrected chi connectivity index (χ2v) is 10.2. The quantitative estimate of drug-likeness (QED) is 0.270. The molecule has 4 atom stereocenters. The van der Waals surface area contributed by atoms with Gasteiger partial charge in [-0.15, -0.1) is 0 Å². The van der Waals surface area contributed by atoms with Crippen LogP contribution in [0.25, 0.3) is 0 Å². The maximum Gasteiger partial charge on any atom is 0.322 e. The summed E-state index contributed by atoms with van der Waals surface area (Å²) in [6.45, 7) is 0.377. The maximum absolute atomic E-state index is 14.8. The number of carbonyl (C=O) groups excluding carboxylic acids is 3. The number of Topliss-reactive ketones (excluding diaryl/α,β-unsaturated/α-hetero) is 1. The van der Waals surface area contributed by atoms with Crippen molar-refractivity contribution in [2.24, 2.45) is 10.8 Å². The van der Waals surface area contributed by atoms with Crippen LogP contribution in [-0.4, -0.2) is 89.5 Å². The van der Waals surface area contributed by atoms with Crippen molar-refractivity contribution in [1.29, 1.82) is 0 Å². The first kappa shape index (κ1) is 28.3. The Hall–Kier alpha value is -3.70. The van der Waals surface area contributed by atoms with E-state index in [1.807, 2.05) is 4.90 Å². The molecule has 4 heterocycles. The number of ketones is 1. The monoisotopic (exact) mass is 538 g/mol. The first-order valence-electron chi connectivity index (χ1n) is 12.9. The number of rotatable bonds is 10. The van der Waals surface area contributed by atoms with Gasteiger partial charge in [-0.2, -0.15) is 0 Å². The van der Waals surface area contributed by atoms with Crippen LogP contribution in [0.1, 0.15) is 49.2 Å². The first-order valence-corrected chi connectivity index (χ1v) is 12.9. The van der Waals surface area contributed by atoms with Crippen LogP contribution in [0, 0.1) is 10.8 Å². The van der Waals surface area contributed by atoms with E-state index in [9.17, 15) is 19.2 Å². The number of hydrogen-bond acceptors (Lipinski definition) is 10. The van der Waals surface area contributed by atoms with Crippen LogP contribution in [0.5, 0.6) is 0 Å². The minimum Gasteiger partial charge on any atom is -0.481 e. The molecule has 0 saturated carbocycles. The molecule has 0 radical (unpaired) electrons. The number of fused-ring (bicyclic) bond motifs is 2. The number of hydrogen-bond donors (Lipinski definition) is 1. The van der Waals surface area contributed by atoms with Gasteiger partial charge in [0.2, 0.25) is 0 Å². The van der Waals surface area contributed by atoms with E-state index in [0.717, 1.165) is 0 Å². The van der Waals surface area contributed by atoms with Crippen molar-refractivity contribution in [2.75, 3.05) is 40.9 Å². The Bertz CT molecular complexity index is 1130. The standard InChI is InChI=1S/C28H34N4O7/c1-31-17-27(25(36)38-2)22(19-11-6-8-14-29-19)32(16-10-4-5-13-21(33)34)23(20-12-7-9-15-30-20)28(18-31,24(27)35)26(37)39-3/h6-9,11-12,14-15,22-23H,4-5,10,13,16-18H2,1-3H3,(H,33,34). The average molecular weight is 539 g/mol. The molecule has 208 valence electrons. The third-order valence-corrected chi connectivity index (χ3v) is 7.79. The van der Waals surface area contributed by atoms with E-state index in [4.69, 9.17) is 14.6 Å². The summed E-state index contributed by atoms with van der Waals surface area (Å²) < 4.78 is 10.6. The SMILES string of the molecule is COC(=O)C12CN(C)CC(C(=O)OC)(C1=O)C(c1ccccn1)N(CCCCCC(=O)O)C2c1ccccn1. The van der Waals surface area contributed by atoms with Gasteiger partial charge in [-0.3, -0.25) is 34.0 Å². The summed E-state index contributed by atoms with van der Waals surface area (Å²) in [5, 5.41) is 9.08. The van der Waals surface area contributed by atoms with Crippen molar-refractivity contribution in [3.8, 4) is 0 Å². The Morgan fingerprint density at radius 1 is 0.897 bits per heavy atom. The summed E-state index contributed by atoms with van der Waals surface area (Å²) in [7, 11) is 4.22. The number of pyridine rings is 2. The molecule has 11 heteroatoms. The number of methoxy groups -OCH3 is 2. The summed E-state index contributed by atoms with van der Waals surface area (Å²) in [5.74, 6) is -2.94. The van der Waals surface area contributed by atoms with Crippen LogP contribution in [0.4, 0.5) is 0 Å². The Kier molecular flexibility index (Phi) is 8.41. The summed E-state index contributed by atoms with van der Waals surface area (Å²) in [5.41, 5.74) is -2.60. The molecule has 11 nitrogen and oxygen atoms in total. The van der Waals surface area contributed by atoms with Gasteiger partial charge in [-0.1, -0.05) is 18.6 Å². The Morgan fingerprint density at radius 3 is 1.82 bits per heavy atom. The van der Waals surface area contributed by atoms with Gasteiger partial charge in [0.1, 0.15) is 0 Å². The lowest BCUT2D eigenvalue weighted by atomic mass is 9.54. The highest BCUT2D eigenvalue weighted by Crippen LogP contribution is 2.60. The molecule has 4 rings (SSSR count). The van der Waals surface area contributed by atoms with Gasteiger partial charge >= 0.3 is 17.9 Å². The molecule has 2 aromatic rings. The number of esters is 2. The van der Waals surface area contributed by atoms with Crippen molar-refractivity contribution in [3.63, 3.8) is 0 Å². The number of ether oxygens (including phenoxy) is 2. The van der Waals surface area contributed by atoms with Gasteiger partial charge in [0.25, 0.3) is 0 Å². The minimum atomic E-state index is -1.78. The largest absolute Gasteiger partial charge is 0.481 e. The fraction of sp³-hybridized carbons (Fsp3) is 0.500. The van der Waals surface area contributed by atoms with Crippen LogP contribution in [-0.2, 0) is 28.7 Å². The third-order valence-electron chi connectivity index (χ3n) is 7.79. The summed E-state index contributed by atoms with van der Waals surface area (Å²) >= 11 is 0. The predicted octanol–water partition coefficient (Wildman–Crippen LogP) is 2.05. The molecule has 1 N–H and O–H groups in total. The number of aromatic nitrogens is 2. The van der Waals surface area contributed by atoms with Crippen molar-refractivity contribution in [1.82, 2.24) is 19.8 Å². The van der Waals surface area contributed by atoms with Gasteiger partial charge in [0, 0.05) is 31.9 Å². The summed E-state index contributed by atoms with van der Waals surface area (Å²) in [4.78, 5) is 66.3. The van der Waals surface area contributed by atoms with Crippen molar-refractivity contribution >= 4 is 23.7 Å². The number of carboxylic acid groups (broad SMARTS) is 1. The van der Waals surface area contributed by atoms with Crippen molar-refractivity contribution in [3.05, 3.63) is 60.2 Å². The number of aliphatic carboxylic acids is 1. The fourth-order valence-electron chi connectivity index (χ4n) is 6.41. The number of carbonyl (C=O) groups is 4. The molecule has 2 aliphatic heterocycles. The molecule has 4 unspecified atom stereocenters. The highest BCUT2D eigenvalue weighted by atomic mass is 16.5. The van der Waals surface area contributed by atoms with Gasteiger partial charge in [0.05, 0.1) is 37.7 Å². The number of piperidine rings is 2. The second kappa shape index (κ2) is 11.6. The van der Waals surface area contributed by atoms with Crippen LogP contribution < -0.4 is 0 Å². The van der Waals surface area contributed by atoms with E-state index >= 15 is 0 Å². The van der Waals surface area contributed by atoms with E-state index in [2.05, 4.69) is 9.97 Å². The number of likely N-dealkylation sites (tertiary alicyclic amines) is 2. The van der Waals surface area contributed by atoms with Crippen molar-refractivity contribution < 1.29 is 33.8 Å². The molecule has 2 aliphatic rings. The molecule has 0 aromatic carbocycles. The normalized spacial score (nSPS) is 27.1. The van der Waals surface area contributed by atoms with Crippen LogP contribution in [0.3, 0.4) is 0 Å². The topological polar surface area (TPSA) is 139 Å². The van der Waals surface area contributed by atoms with E-state index in [1.54, 1.807) is 60.7 Å². The Balaban J connectivity index is 1.98. The lowest BCUT2D eigenvalue weighted by Crippen LogP contribution is -2.75. The molecule has 0 amide bonds. The van der Waals surface area contributed by atoms with E-state index < -0.39 is 46.6 Å². The molecule has 2 fully saturated rings. The smallest absolute Gasteiger partial charge is 0.322 e. The second-order valence-electron chi connectivity index (χ2n) is 10.2. The zero-order valence-electron chi connectivity index (χ0n) is 22.4. The van der Waals surface area contributed by atoms with Gasteiger partial charge in [-0.05, 0) is 50.7 Å². The highest BCUT2D eigenvalue weighted by molar-refractivity contribution is 6.17. The van der Waals surface area contributed by atoms with Crippen molar-refractivity contribution in [2.45, 2.75) is 37.8 Å². The molecule has 2 saturated heterocycles. The molecular weight excluding hydrogens is 504 g/mol. The molecule has 0 aliphatic carbocycles. The van der Waals surface area contributed by atoms with E-state index in [0.29, 0.717) is 37.2 Å². The minimum absolute atomic E-state index is 0.0168. The summed E-state index contributed by atoms with van der Waals surface area (Å²) in [6.07, 6.45) is 4.85. The summed E-state index contributed by atoms with van der Waals surface area (Å²) in [6, 6.07) is 8.82. The predicted molar refractivity (Wildman–Crippen MR) is 138 cm³/mol. The number of unbranched alkanes of at least 4 members (excludes halogenated alkanes) is 2. The zero-order valence-corrected chi connectivity index (χ0v) is 22.4. The van der Waals surface area contributed by atoms with E-state index in [-0.39, 0.29) is 19.5 Å². The third kappa shape index (κ3) is 4.80. The molecule has 39 heavy (non-hydrogen) atoms. The molecule has 2 bridgehead atoms. The van der Waals surface area contributed by atoms with Gasteiger partial charge in [0.15, 0.2) is 16.6 Å². The number of carboxylic acids is 1.